The molecule has 144 valence electrons. The van der Waals surface area contributed by atoms with E-state index in [1.165, 1.54) is 18.3 Å². The van der Waals surface area contributed by atoms with Gasteiger partial charge in [0.25, 0.3) is 5.91 Å². The molecular formula is C17H19FN4O4S. The molecule has 3 rings (SSSR count). The monoisotopic (exact) mass is 394 g/mol. The summed E-state index contributed by atoms with van der Waals surface area (Å²) >= 11 is 0. The lowest BCUT2D eigenvalue weighted by atomic mass is 10.2. The van der Waals surface area contributed by atoms with Crippen molar-refractivity contribution in [3.05, 3.63) is 41.5 Å². The van der Waals surface area contributed by atoms with Crippen molar-refractivity contribution < 1.29 is 22.3 Å². The van der Waals surface area contributed by atoms with Crippen LogP contribution in [0.3, 0.4) is 0 Å². The molecule has 8 nitrogen and oxygen atoms in total. The highest BCUT2D eigenvalue weighted by atomic mass is 32.2. The number of benzene rings is 1. The molecular weight excluding hydrogens is 375 g/mol. The maximum Gasteiger partial charge on any atom is 0.274 e. The maximum absolute atomic E-state index is 14.0. The summed E-state index contributed by atoms with van der Waals surface area (Å²) in [5.41, 5.74) is 1.21. The van der Waals surface area contributed by atoms with Crippen LogP contribution in [-0.4, -0.2) is 56.9 Å². The van der Waals surface area contributed by atoms with Crippen molar-refractivity contribution in [1.82, 2.24) is 9.97 Å². The summed E-state index contributed by atoms with van der Waals surface area (Å²) in [7, 11) is -3.66. The number of nitrogens with one attached hydrogen (secondary N) is 1. The predicted molar refractivity (Wildman–Crippen MR) is 97.3 cm³/mol. The summed E-state index contributed by atoms with van der Waals surface area (Å²) in [6, 6.07) is 4.23. The highest BCUT2D eigenvalue weighted by Gasteiger charge is 2.19. The Morgan fingerprint density at radius 1 is 1.26 bits per heavy atom. The molecule has 27 heavy (non-hydrogen) atoms. The fraction of sp³-hybridized carbons (Fsp3) is 0.353. The van der Waals surface area contributed by atoms with Gasteiger partial charge in [0.1, 0.15) is 11.5 Å². The molecule has 1 N–H and O–H groups in total. The summed E-state index contributed by atoms with van der Waals surface area (Å²) in [6.45, 7) is 3.93. The molecule has 1 aliphatic heterocycles. The lowest BCUT2D eigenvalue weighted by Gasteiger charge is -2.29. The molecule has 1 fully saturated rings. The van der Waals surface area contributed by atoms with Gasteiger partial charge in [0, 0.05) is 36.9 Å². The van der Waals surface area contributed by atoms with E-state index in [0.717, 1.165) is 6.26 Å². The number of hydrogen-bond donors (Lipinski definition) is 1. The summed E-state index contributed by atoms with van der Waals surface area (Å²) in [5.74, 6) is -1.14. The van der Waals surface area contributed by atoms with Gasteiger partial charge in [0.15, 0.2) is 0 Å². The predicted octanol–water partition coefficient (Wildman–Crippen LogP) is 1.42. The van der Waals surface area contributed by atoms with Gasteiger partial charge in [-0.3, -0.25) is 4.79 Å². The smallest absolute Gasteiger partial charge is 0.274 e. The third-order valence-electron chi connectivity index (χ3n) is 4.01. The van der Waals surface area contributed by atoms with E-state index in [4.69, 9.17) is 4.74 Å². The Bertz CT molecular complexity index is 975. The SMILES string of the molecule is Cc1cnc(S(C)(=O)=O)nc1C(=O)Nc1cc(F)cc(N2CCOCC2)c1. The molecule has 1 amide bonds. The van der Waals surface area contributed by atoms with E-state index in [0.29, 0.717) is 37.6 Å². The molecule has 0 radical (unpaired) electrons. The second-order valence-electron chi connectivity index (χ2n) is 6.21. The fourth-order valence-electron chi connectivity index (χ4n) is 2.68. The van der Waals surface area contributed by atoms with Crippen molar-refractivity contribution in [1.29, 1.82) is 0 Å². The van der Waals surface area contributed by atoms with Crippen LogP contribution in [0.4, 0.5) is 15.8 Å². The molecule has 1 aliphatic rings. The number of morpholine rings is 1. The van der Waals surface area contributed by atoms with Gasteiger partial charge in [0.05, 0.1) is 13.2 Å². The topological polar surface area (TPSA) is 101 Å². The van der Waals surface area contributed by atoms with E-state index in [2.05, 4.69) is 15.3 Å². The Morgan fingerprint density at radius 2 is 1.96 bits per heavy atom. The Balaban J connectivity index is 1.87. The first kappa shape index (κ1) is 19.2. The van der Waals surface area contributed by atoms with Gasteiger partial charge in [-0.1, -0.05) is 0 Å². The van der Waals surface area contributed by atoms with Crippen molar-refractivity contribution >= 4 is 27.1 Å². The Hall–Kier alpha value is -2.59. The van der Waals surface area contributed by atoms with Crippen LogP contribution in [0.25, 0.3) is 0 Å². The van der Waals surface area contributed by atoms with Crippen LogP contribution < -0.4 is 10.2 Å². The first-order chi connectivity index (χ1) is 12.7. The average Bonchev–Trinajstić information content (AvgIpc) is 2.61. The largest absolute Gasteiger partial charge is 0.378 e. The van der Waals surface area contributed by atoms with Crippen LogP contribution in [0.1, 0.15) is 16.1 Å². The number of amides is 1. The van der Waals surface area contributed by atoms with E-state index < -0.39 is 26.7 Å². The minimum Gasteiger partial charge on any atom is -0.378 e. The minimum absolute atomic E-state index is 0.0809. The molecule has 0 bridgehead atoms. The maximum atomic E-state index is 14.0. The molecule has 0 unspecified atom stereocenters. The highest BCUT2D eigenvalue weighted by molar-refractivity contribution is 7.90. The van der Waals surface area contributed by atoms with Crippen molar-refractivity contribution in [2.45, 2.75) is 12.1 Å². The van der Waals surface area contributed by atoms with Crippen molar-refractivity contribution in [3.8, 4) is 0 Å². The van der Waals surface area contributed by atoms with E-state index in [1.54, 1.807) is 13.0 Å². The molecule has 1 aromatic carbocycles. The quantitative estimate of drug-likeness (QED) is 0.783. The van der Waals surface area contributed by atoms with Crippen molar-refractivity contribution in [2.75, 3.05) is 42.8 Å². The Labute approximate surface area is 156 Å². The second kappa shape index (κ2) is 7.57. The molecule has 2 aromatic rings. The molecule has 2 heterocycles. The third kappa shape index (κ3) is 4.58. The van der Waals surface area contributed by atoms with Crippen molar-refractivity contribution in [2.24, 2.45) is 0 Å². The number of sulfone groups is 1. The fourth-order valence-corrected chi connectivity index (χ4v) is 3.18. The number of rotatable bonds is 4. The summed E-state index contributed by atoms with van der Waals surface area (Å²) in [6.07, 6.45) is 2.23. The average molecular weight is 394 g/mol. The van der Waals surface area contributed by atoms with Gasteiger partial charge in [-0.2, -0.15) is 0 Å². The normalized spacial score (nSPS) is 14.9. The Morgan fingerprint density at radius 3 is 2.63 bits per heavy atom. The van der Waals surface area contributed by atoms with Crippen molar-refractivity contribution in [3.63, 3.8) is 0 Å². The lowest BCUT2D eigenvalue weighted by molar-refractivity contribution is 0.102. The Kier molecular flexibility index (Phi) is 5.38. The number of ether oxygens (including phenoxy) is 1. The van der Waals surface area contributed by atoms with Gasteiger partial charge in [0.2, 0.25) is 15.0 Å². The number of anilines is 2. The van der Waals surface area contributed by atoms with Crippen LogP contribution in [0.5, 0.6) is 0 Å². The van der Waals surface area contributed by atoms with Crippen LogP contribution in [0.2, 0.25) is 0 Å². The van der Waals surface area contributed by atoms with Gasteiger partial charge < -0.3 is 15.0 Å². The first-order valence-electron chi connectivity index (χ1n) is 8.22. The molecule has 10 heteroatoms. The molecule has 0 saturated carbocycles. The van der Waals surface area contributed by atoms with E-state index >= 15 is 0 Å². The summed E-state index contributed by atoms with van der Waals surface area (Å²) in [5, 5.41) is 2.14. The van der Waals surface area contributed by atoms with Crippen LogP contribution in [0.15, 0.2) is 29.6 Å². The highest BCUT2D eigenvalue weighted by Crippen LogP contribution is 2.23. The number of nitrogens with zero attached hydrogens (tertiary/aromatic N) is 3. The standard InChI is InChI=1S/C17H19FN4O4S/c1-11-10-19-17(27(2,24)25)21-15(11)16(23)20-13-7-12(18)8-14(9-13)22-3-5-26-6-4-22/h7-10H,3-6H2,1-2H3,(H,20,23). The summed E-state index contributed by atoms with van der Waals surface area (Å²) in [4.78, 5) is 22.1. The molecule has 1 saturated heterocycles. The van der Waals surface area contributed by atoms with Gasteiger partial charge in [-0.05, 0) is 30.7 Å². The minimum atomic E-state index is -3.66. The first-order valence-corrected chi connectivity index (χ1v) is 10.1. The van der Waals surface area contributed by atoms with Crippen LogP contribution in [-0.2, 0) is 14.6 Å². The molecule has 0 spiro atoms. The van der Waals surface area contributed by atoms with Crippen LogP contribution >= 0.6 is 0 Å². The zero-order valence-electron chi connectivity index (χ0n) is 14.9. The van der Waals surface area contributed by atoms with Gasteiger partial charge in [-0.15, -0.1) is 0 Å². The summed E-state index contributed by atoms with van der Waals surface area (Å²) < 4.78 is 42.5. The molecule has 0 atom stereocenters. The van der Waals surface area contributed by atoms with Crippen LogP contribution in [0, 0.1) is 12.7 Å². The zero-order chi connectivity index (χ0) is 19.6. The number of halogens is 1. The lowest BCUT2D eigenvalue weighted by Crippen LogP contribution is -2.36. The second-order valence-corrected chi connectivity index (χ2v) is 8.12. The number of carbonyl (C=O) groups excluding carboxylic acids is 1. The third-order valence-corrected chi connectivity index (χ3v) is 4.87. The number of aryl methyl sites for hydroxylation is 1. The van der Waals surface area contributed by atoms with Gasteiger partial charge >= 0.3 is 0 Å². The molecule has 0 aliphatic carbocycles. The van der Waals surface area contributed by atoms with E-state index in [-0.39, 0.29) is 11.4 Å². The number of aromatic nitrogens is 2. The number of carbonyl (C=O) groups is 1. The van der Waals surface area contributed by atoms with Gasteiger partial charge in [-0.25, -0.2) is 22.8 Å². The van der Waals surface area contributed by atoms with E-state index in [9.17, 15) is 17.6 Å². The zero-order valence-corrected chi connectivity index (χ0v) is 15.7. The van der Waals surface area contributed by atoms with E-state index in [1.807, 2.05) is 4.90 Å². The molecule has 1 aromatic heterocycles. The number of hydrogen-bond acceptors (Lipinski definition) is 7.